The molecule has 0 amide bonds. The Morgan fingerprint density at radius 1 is 1.36 bits per heavy atom. The van der Waals surface area contributed by atoms with Gasteiger partial charge in [0.1, 0.15) is 0 Å². The van der Waals surface area contributed by atoms with E-state index in [1.807, 2.05) is 11.6 Å². The van der Waals surface area contributed by atoms with E-state index in [0.29, 0.717) is 12.6 Å². The number of hydrogen-bond acceptors (Lipinski definition) is 4. The number of fused-ring (bicyclic) bond motifs is 1. The van der Waals surface area contributed by atoms with E-state index >= 15 is 0 Å². The minimum absolute atomic E-state index is 0.183. The van der Waals surface area contributed by atoms with E-state index in [-0.39, 0.29) is 5.41 Å². The second-order valence-corrected chi connectivity index (χ2v) is 8.04. The Hall–Kier alpha value is -1.23. The molecule has 22 heavy (non-hydrogen) atoms. The quantitative estimate of drug-likeness (QED) is 0.939. The molecule has 0 spiro atoms. The molecule has 1 aliphatic heterocycles. The number of thiazole rings is 1. The predicted octanol–water partition coefficient (Wildman–Crippen LogP) is 3.50. The molecule has 2 N–H and O–H groups in total. The van der Waals surface area contributed by atoms with Gasteiger partial charge < -0.3 is 5.73 Å². The van der Waals surface area contributed by atoms with E-state index in [1.165, 1.54) is 21.7 Å². The molecule has 4 heteroatoms. The summed E-state index contributed by atoms with van der Waals surface area (Å²) in [6.07, 6.45) is 2.89. The summed E-state index contributed by atoms with van der Waals surface area (Å²) in [7, 11) is 0. The van der Waals surface area contributed by atoms with Crippen LogP contribution in [0.15, 0.2) is 29.8 Å². The SMILES string of the molecule is CC(C)(C)c1ccc2c(c1)C(CN)N(CCc1nccs1)C2. The second-order valence-electron chi connectivity index (χ2n) is 7.06. The lowest BCUT2D eigenvalue weighted by Gasteiger charge is -2.24. The Balaban J connectivity index is 1.78. The van der Waals surface area contributed by atoms with E-state index in [9.17, 15) is 0 Å². The Kier molecular flexibility index (Phi) is 4.35. The van der Waals surface area contributed by atoms with Crippen LogP contribution in [0.5, 0.6) is 0 Å². The van der Waals surface area contributed by atoms with Gasteiger partial charge in [-0.25, -0.2) is 4.98 Å². The minimum Gasteiger partial charge on any atom is -0.329 e. The Morgan fingerprint density at radius 3 is 2.82 bits per heavy atom. The highest BCUT2D eigenvalue weighted by Gasteiger charge is 2.30. The lowest BCUT2D eigenvalue weighted by molar-refractivity contribution is 0.222. The van der Waals surface area contributed by atoms with Gasteiger partial charge in [0.2, 0.25) is 0 Å². The Morgan fingerprint density at radius 2 is 2.18 bits per heavy atom. The van der Waals surface area contributed by atoms with Crippen molar-refractivity contribution in [3.63, 3.8) is 0 Å². The molecule has 1 aliphatic rings. The van der Waals surface area contributed by atoms with Crippen molar-refractivity contribution in [1.82, 2.24) is 9.88 Å². The fourth-order valence-electron chi connectivity index (χ4n) is 3.17. The van der Waals surface area contributed by atoms with Crippen molar-refractivity contribution in [1.29, 1.82) is 0 Å². The summed E-state index contributed by atoms with van der Waals surface area (Å²) in [5.74, 6) is 0. The highest BCUT2D eigenvalue weighted by molar-refractivity contribution is 7.09. The van der Waals surface area contributed by atoms with Crippen LogP contribution in [0.2, 0.25) is 0 Å². The molecule has 0 fully saturated rings. The van der Waals surface area contributed by atoms with E-state index in [0.717, 1.165) is 19.5 Å². The predicted molar refractivity (Wildman–Crippen MR) is 93.2 cm³/mol. The molecule has 3 nitrogen and oxygen atoms in total. The van der Waals surface area contributed by atoms with Gasteiger partial charge in [0.05, 0.1) is 5.01 Å². The molecule has 1 aromatic heterocycles. The van der Waals surface area contributed by atoms with E-state index in [1.54, 1.807) is 11.3 Å². The number of hydrogen-bond donors (Lipinski definition) is 1. The zero-order chi connectivity index (χ0) is 15.7. The van der Waals surface area contributed by atoms with Crippen LogP contribution >= 0.6 is 11.3 Å². The summed E-state index contributed by atoms with van der Waals surface area (Å²) in [4.78, 5) is 6.88. The molecule has 2 heterocycles. The molecule has 0 saturated carbocycles. The van der Waals surface area contributed by atoms with Crippen molar-refractivity contribution in [2.75, 3.05) is 13.1 Å². The highest BCUT2D eigenvalue weighted by Crippen LogP contribution is 2.36. The lowest BCUT2D eigenvalue weighted by Crippen LogP contribution is -2.29. The lowest BCUT2D eigenvalue weighted by atomic mass is 9.85. The third-order valence-corrected chi connectivity index (χ3v) is 5.34. The summed E-state index contributed by atoms with van der Waals surface area (Å²) in [5.41, 5.74) is 10.5. The molecule has 0 radical (unpaired) electrons. The molecular formula is C18H25N3S. The van der Waals surface area contributed by atoms with Crippen LogP contribution in [0.3, 0.4) is 0 Å². The van der Waals surface area contributed by atoms with Crippen LogP contribution in [-0.2, 0) is 18.4 Å². The van der Waals surface area contributed by atoms with Gasteiger partial charge in [-0.2, -0.15) is 0 Å². The molecular weight excluding hydrogens is 290 g/mol. The van der Waals surface area contributed by atoms with Crippen LogP contribution in [0.1, 0.15) is 48.5 Å². The number of nitrogens with zero attached hydrogens (tertiary/aromatic N) is 2. The average Bonchev–Trinajstić information content (AvgIpc) is 3.10. The topological polar surface area (TPSA) is 42.1 Å². The summed E-state index contributed by atoms with van der Waals surface area (Å²) in [6, 6.07) is 7.28. The van der Waals surface area contributed by atoms with Crippen molar-refractivity contribution < 1.29 is 0 Å². The first kappa shape index (κ1) is 15.7. The maximum absolute atomic E-state index is 6.09. The third kappa shape index (κ3) is 3.09. The monoisotopic (exact) mass is 315 g/mol. The number of nitrogens with two attached hydrogens (primary N) is 1. The van der Waals surface area contributed by atoms with Gasteiger partial charge in [0.25, 0.3) is 0 Å². The maximum Gasteiger partial charge on any atom is 0.0937 e. The van der Waals surface area contributed by atoms with Gasteiger partial charge in [-0.05, 0) is 22.1 Å². The average molecular weight is 315 g/mol. The van der Waals surface area contributed by atoms with Gasteiger partial charge in [0, 0.05) is 43.7 Å². The number of benzene rings is 1. The fraction of sp³-hybridized carbons (Fsp3) is 0.500. The largest absolute Gasteiger partial charge is 0.329 e. The van der Waals surface area contributed by atoms with E-state index in [2.05, 4.69) is 48.9 Å². The van der Waals surface area contributed by atoms with Crippen molar-refractivity contribution in [2.24, 2.45) is 5.73 Å². The first-order valence-electron chi connectivity index (χ1n) is 7.95. The molecule has 3 rings (SSSR count). The van der Waals surface area contributed by atoms with Gasteiger partial charge in [-0.1, -0.05) is 39.0 Å². The van der Waals surface area contributed by atoms with Gasteiger partial charge in [0.15, 0.2) is 0 Å². The molecule has 0 bridgehead atoms. The van der Waals surface area contributed by atoms with E-state index < -0.39 is 0 Å². The number of rotatable bonds is 4. The molecule has 0 saturated heterocycles. The van der Waals surface area contributed by atoms with Crippen LogP contribution < -0.4 is 5.73 Å². The van der Waals surface area contributed by atoms with Gasteiger partial charge in [-0.15, -0.1) is 11.3 Å². The normalized spacial score (nSPS) is 18.6. The summed E-state index contributed by atoms with van der Waals surface area (Å²) in [5, 5.41) is 3.26. The smallest absolute Gasteiger partial charge is 0.0937 e. The van der Waals surface area contributed by atoms with Gasteiger partial charge >= 0.3 is 0 Å². The van der Waals surface area contributed by atoms with Crippen LogP contribution in [0.4, 0.5) is 0 Å². The first-order valence-corrected chi connectivity index (χ1v) is 8.83. The van der Waals surface area contributed by atoms with Crippen LogP contribution in [-0.4, -0.2) is 23.0 Å². The Bertz CT molecular complexity index is 628. The van der Waals surface area contributed by atoms with Crippen molar-refractivity contribution in [3.8, 4) is 0 Å². The fourth-order valence-corrected chi connectivity index (χ4v) is 3.78. The summed E-state index contributed by atoms with van der Waals surface area (Å²) < 4.78 is 0. The molecule has 118 valence electrons. The second kappa shape index (κ2) is 6.11. The molecule has 0 aliphatic carbocycles. The Labute approximate surface area is 137 Å². The van der Waals surface area contributed by atoms with Crippen LogP contribution in [0.25, 0.3) is 0 Å². The summed E-state index contributed by atoms with van der Waals surface area (Å²) in [6.45, 7) is 9.50. The zero-order valence-electron chi connectivity index (χ0n) is 13.7. The van der Waals surface area contributed by atoms with E-state index in [4.69, 9.17) is 5.73 Å². The van der Waals surface area contributed by atoms with Crippen molar-refractivity contribution in [2.45, 2.75) is 45.2 Å². The highest BCUT2D eigenvalue weighted by atomic mass is 32.1. The van der Waals surface area contributed by atoms with Crippen LogP contribution in [0, 0.1) is 0 Å². The molecule has 1 unspecified atom stereocenters. The molecule has 1 atom stereocenters. The number of aromatic nitrogens is 1. The summed E-state index contributed by atoms with van der Waals surface area (Å²) >= 11 is 1.74. The molecule has 2 aromatic rings. The third-order valence-electron chi connectivity index (χ3n) is 4.50. The van der Waals surface area contributed by atoms with Gasteiger partial charge in [-0.3, -0.25) is 4.90 Å². The zero-order valence-corrected chi connectivity index (χ0v) is 14.5. The molecule has 1 aromatic carbocycles. The first-order chi connectivity index (χ1) is 10.5. The van der Waals surface area contributed by atoms with Crippen molar-refractivity contribution in [3.05, 3.63) is 51.5 Å². The maximum atomic E-state index is 6.09. The van der Waals surface area contributed by atoms with Crippen molar-refractivity contribution >= 4 is 11.3 Å². The standard InChI is InChI=1S/C18H25N3S/c1-18(2,3)14-5-4-13-12-21(16(11-19)15(13)10-14)8-6-17-20-7-9-22-17/h4-5,7,9-10,16H,6,8,11-12,19H2,1-3H3. The minimum atomic E-state index is 0.183.